The number of para-hydroxylation sites is 1. The first kappa shape index (κ1) is 12.6. The van der Waals surface area contributed by atoms with Gasteiger partial charge in [0.2, 0.25) is 0 Å². The normalized spacial score (nSPS) is 11.9. The molecule has 0 atom stereocenters. The van der Waals surface area contributed by atoms with Crippen LogP contribution in [-0.2, 0) is 0 Å². The summed E-state index contributed by atoms with van der Waals surface area (Å²) in [7, 11) is 1.95. The third-order valence-electron chi connectivity index (χ3n) is 2.44. The summed E-state index contributed by atoms with van der Waals surface area (Å²) in [6, 6.07) is 8.15. The van der Waals surface area contributed by atoms with E-state index in [1.54, 1.807) is 0 Å². The highest BCUT2D eigenvalue weighted by atomic mass is 15.2. The van der Waals surface area contributed by atoms with Gasteiger partial charge in [-0.15, -0.1) is 0 Å². The van der Waals surface area contributed by atoms with Gasteiger partial charge in [0.25, 0.3) is 0 Å². The fraction of sp³-hybridized carbons (Fsp3) is 0.462. The van der Waals surface area contributed by atoms with E-state index in [1.165, 1.54) is 5.56 Å². The summed E-state index contributed by atoms with van der Waals surface area (Å²) in [4.78, 5) is 6.29. The number of nitrogens with two attached hydrogens (primary N) is 1. The molecule has 0 unspecified atom stereocenters. The van der Waals surface area contributed by atoms with E-state index in [9.17, 15) is 0 Å². The topological polar surface area (TPSA) is 41.6 Å². The Morgan fingerprint density at radius 3 is 2.56 bits per heavy atom. The lowest BCUT2D eigenvalue weighted by molar-refractivity contribution is 0.664. The van der Waals surface area contributed by atoms with Gasteiger partial charge in [-0.25, -0.2) is 0 Å². The molecule has 0 aliphatic rings. The number of guanidine groups is 1. The molecule has 2 N–H and O–H groups in total. The second kappa shape index (κ2) is 5.54. The highest BCUT2D eigenvalue weighted by Crippen LogP contribution is 2.17. The van der Waals surface area contributed by atoms with E-state index in [1.807, 2.05) is 30.1 Å². The number of anilines is 1. The zero-order chi connectivity index (χ0) is 12.1. The molecular formula is C13H21N3. The summed E-state index contributed by atoms with van der Waals surface area (Å²) in [5.41, 5.74) is 8.25. The van der Waals surface area contributed by atoms with Crippen LogP contribution >= 0.6 is 0 Å². The van der Waals surface area contributed by atoms with E-state index in [4.69, 9.17) is 5.73 Å². The van der Waals surface area contributed by atoms with Crippen LogP contribution in [0.15, 0.2) is 29.3 Å². The van der Waals surface area contributed by atoms with Crippen molar-refractivity contribution in [3.63, 3.8) is 0 Å². The fourth-order valence-electron chi connectivity index (χ4n) is 1.45. The van der Waals surface area contributed by atoms with Gasteiger partial charge < -0.3 is 10.6 Å². The average molecular weight is 219 g/mol. The largest absolute Gasteiger partial charge is 0.370 e. The maximum absolute atomic E-state index is 5.94. The van der Waals surface area contributed by atoms with Crippen molar-refractivity contribution in [2.45, 2.75) is 20.8 Å². The van der Waals surface area contributed by atoms with Crippen LogP contribution < -0.4 is 10.6 Å². The minimum Gasteiger partial charge on any atom is -0.370 e. The molecule has 0 spiro atoms. The van der Waals surface area contributed by atoms with Crippen molar-refractivity contribution < 1.29 is 0 Å². The number of aliphatic imine (C=N–C) groups is 1. The first-order valence-corrected chi connectivity index (χ1v) is 5.61. The van der Waals surface area contributed by atoms with Gasteiger partial charge in [0.05, 0.1) is 0 Å². The maximum Gasteiger partial charge on any atom is 0.195 e. The first-order valence-electron chi connectivity index (χ1n) is 5.61. The van der Waals surface area contributed by atoms with Crippen LogP contribution in [0, 0.1) is 12.8 Å². The SMILES string of the molecule is Cc1ccccc1N(C)C(N)=NCC(C)C. The van der Waals surface area contributed by atoms with Crippen molar-refractivity contribution in [1.82, 2.24) is 0 Å². The molecule has 0 aliphatic heterocycles. The van der Waals surface area contributed by atoms with Crippen LogP contribution in [0.1, 0.15) is 19.4 Å². The van der Waals surface area contributed by atoms with Gasteiger partial charge in [-0.3, -0.25) is 4.99 Å². The van der Waals surface area contributed by atoms with Crippen LogP contribution in [0.2, 0.25) is 0 Å². The van der Waals surface area contributed by atoms with Crippen molar-refractivity contribution in [1.29, 1.82) is 0 Å². The fourth-order valence-corrected chi connectivity index (χ4v) is 1.45. The highest BCUT2D eigenvalue weighted by Gasteiger charge is 2.06. The molecule has 1 aromatic carbocycles. The van der Waals surface area contributed by atoms with Crippen LogP contribution in [0.3, 0.4) is 0 Å². The second-order valence-electron chi connectivity index (χ2n) is 4.44. The Morgan fingerprint density at radius 1 is 1.38 bits per heavy atom. The molecule has 0 aliphatic carbocycles. The monoisotopic (exact) mass is 219 g/mol. The van der Waals surface area contributed by atoms with Crippen molar-refractivity contribution in [3.8, 4) is 0 Å². The van der Waals surface area contributed by atoms with E-state index in [0.29, 0.717) is 11.9 Å². The van der Waals surface area contributed by atoms with Crippen molar-refractivity contribution in [2.24, 2.45) is 16.6 Å². The number of benzene rings is 1. The molecule has 0 radical (unpaired) electrons. The summed E-state index contributed by atoms with van der Waals surface area (Å²) < 4.78 is 0. The third kappa shape index (κ3) is 3.26. The lowest BCUT2D eigenvalue weighted by Crippen LogP contribution is -2.34. The van der Waals surface area contributed by atoms with Crippen LogP contribution in [-0.4, -0.2) is 19.6 Å². The molecule has 3 nitrogen and oxygen atoms in total. The van der Waals surface area contributed by atoms with Crippen molar-refractivity contribution >= 4 is 11.6 Å². The number of nitrogens with zero attached hydrogens (tertiary/aromatic N) is 2. The van der Waals surface area contributed by atoms with E-state index in [2.05, 4.69) is 31.8 Å². The Kier molecular flexibility index (Phi) is 4.35. The Hall–Kier alpha value is -1.51. The Bertz CT molecular complexity index is 369. The second-order valence-corrected chi connectivity index (χ2v) is 4.44. The minimum atomic E-state index is 0.531. The molecule has 0 bridgehead atoms. The van der Waals surface area contributed by atoms with Gasteiger partial charge in [0.1, 0.15) is 0 Å². The predicted molar refractivity (Wildman–Crippen MR) is 70.9 cm³/mol. The summed E-state index contributed by atoms with van der Waals surface area (Å²) in [5, 5.41) is 0. The molecule has 88 valence electrons. The van der Waals surface area contributed by atoms with Crippen LogP contribution in [0.5, 0.6) is 0 Å². The molecule has 0 saturated heterocycles. The number of aryl methyl sites for hydroxylation is 1. The van der Waals surface area contributed by atoms with Crippen molar-refractivity contribution in [3.05, 3.63) is 29.8 Å². The maximum atomic E-state index is 5.94. The molecule has 16 heavy (non-hydrogen) atoms. The van der Waals surface area contributed by atoms with Gasteiger partial charge in [-0.2, -0.15) is 0 Å². The lowest BCUT2D eigenvalue weighted by Gasteiger charge is -2.20. The Morgan fingerprint density at radius 2 is 2.00 bits per heavy atom. The van der Waals surface area contributed by atoms with Gasteiger partial charge in [-0.1, -0.05) is 32.0 Å². The van der Waals surface area contributed by atoms with E-state index in [-0.39, 0.29) is 0 Å². The average Bonchev–Trinajstić information content (AvgIpc) is 2.25. The molecule has 1 aromatic rings. The number of hydrogen-bond donors (Lipinski definition) is 1. The Balaban J connectivity index is 2.82. The number of rotatable bonds is 3. The van der Waals surface area contributed by atoms with Gasteiger partial charge >= 0.3 is 0 Å². The van der Waals surface area contributed by atoms with E-state index >= 15 is 0 Å². The first-order chi connectivity index (χ1) is 7.52. The smallest absolute Gasteiger partial charge is 0.195 e. The van der Waals surface area contributed by atoms with Gasteiger partial charge in [0.15, 0.2) is 5.96 Å². The van der Waals surface area contributed by atoms with Gasteiger partial charge in [0, 0.05) is 19.3 Å². The summed E-state index contributed by atoms with van der Waals surface area (Å²) in [5.74, 6) is 1.10. The van der Waals surface area contributed by atoms with Gasteiger partial charge in [-0.05, 0) is 24.5 Å². The summed E-state index contributed by atoms with van der Waals surface area (Å²) >= 11 is 0. The standard InChI is InChI=1S/C13H21N3/c1-10(2)9-15-13(14)16(4)12-8-6-5-7-11(12)3/h5-8,10H,9H2,1-4H3,(H2,14,15). The molecular weight excluding hydrogens is 198 g/mol. The molecule has 0 saturated carbocycles. The zero-order valence-corrected chi connectivity index (χ0v) is 10.6. The Labute approximate surface area is 98.0 Å². The highest BCUT2D eigenvalue weighted by molar-refractivity contribution is 5.94. The summed E-state index contributed by atoms with van der Waals surface area (Å²) in [6.07, 6.45) is 0. The third-order valence-corrected chi connectivity index (χ3v) is 2.44. The summed E-state index contributed by atoms with van der Waals surface area (Å²) in [6.45, 7) is 7.10. The minimum absolute atomic E-state index is 0.531. The van der Waals surface area contributed by atoms with E-state index in [0.717, 1.165) is 12.2 Å². The molecule has 0 fully saturated rings. The number of hydrogen-bond acceptors (Lipinski definition) is 1. The van der Waals surface area contributed by atoms with E-state index < -0.39 is 0 Å². The van der Waals surface area contributed by atoms with Crippen LogP contribution in [0.4, 0.5) is 5.69 Å². The lowest BCUT2D eigenvalue weighted by atomic mass is 10.2. The van der Waals surface area contributed by atoms with Crippen LogP contribution in [0.25, 0.3) is 0 Å². The molecule has 3 heteroatoms. The van der Waals surface area contributed by atoms with Crippen molar-refractivity contribution in [2.75, 3.05) is 18.5 Å². The molecule has 0 aromatic heterocycles. The molecule has 1 rings (SSSR count). The molecule has 0 heterocycles. The quantitative estimate of drug-likeness (QED) is 0.626. The zero-order valence-electron chi connectivity index (χ0n) is 10.6. The molecule has 0 amide bonds. The predicted octanol–water partition coefficient (Wildman–Crippen LogP) is 2.40.